The molecule has 4 nitrogen and oxygen atoms in total. The summed E-state index contributed by atoms with van der Waals surface area (Å²) in [4.78, 5) is 15.1. The third-order valence-electron chi connectivity index (χ3n) is 9.18. The van der Waals surface area contributed by atoms with E-state index in [2.05, 4.69) is 109 Å². The first-order valence-corrected chi connectivity index (χ1v) is 16.7. The van der Waals surface area contributed by atoms with E-state index in [4.69, 9.17) is 19.4 Å². The third kappa shape index (κ3) is 5.43. The van der Waals surface area contributed by atoms with E-state index < -0.39 is 0 Å². The van der Waals surface area contributed by atoms with Gasteiger partial charge in [0.1, 0.15) is 11.2 Å². The predicted octanol–water partition coefficient (Wildman–Crippen LogP) is 11.8. The summed E-state index contributed by atoms with van der Waals surface area (Å²) < 4.78 is 6.51. The first kappa shape index (κ1) is 28.8. The minimum Gasteiger partial charge on any atom is -0.456 e. The molecule has 8 aromatic rings. The minimum atomic E-state index is 0.624. The van der Waals surface area contributed by atoms with Crippen LogP contribution in [-0.2, 0) is 0 Å². The molecule has 0 N–H and O–H groups in total. The molecule has 0 bridgehead atoms. The van der Waals surface area contributed by atoms with Crippen molar-refractivity contribution in [1.82, 2.24) is 15.0 Å². The van der Waals surface area contributed by atoms with Crippen LogP contribution in [0.5, 0.6) is 0 Å². The number of rotatable bonds is 6. The second-order valence-electron chi connectivity index (χ2n) is 12.3. The van der Waals surface area contributed by atoms with Crippen LogP contribution >= 0.6 is 0 Å². The summed E-state index contributed by atoms with van der Waals surface area (Å²) in [7, 11) is 0. The Kier molecular flexibility index (Phi) is 7.25. The van der Waals surface area contributed by atoms with Crippen LogP contribution in [0.4, 0.5) is 0 Å². The Hall–Kier alpha value is -6.39. The molecule has 0 atom stereocenters. The van der Waals surface area contributed by atoms with Crippen LogP contribution in [0.25, 0.3) is 83.7 Å². The molecule has 2 aromatic heterocycles. The normalized spacial score (nSPS) is 12.8. The maximum absolute atomic E-state index is 6.51. The molecule has 232 valence electrons. The summed E-state index contributed by atoms with van der Waals surface area (Å²) in [6, 6.07) is 50.6. The molecule has 9 rings (SSSR count). The van der Waals surface area contributed by atoms with Crippen LogP contribution in [0, 0.1) is 0 Å². The van der Waals surface area contributed by atoms with Crippen molar-refractivity contribution in [2.45, 2.75) is 12.8 Å². The van der Waals surface area contributed by atoms with Crippen molar-refractivity contribution in [1.29, 1.82) is 0 Å². The van der Waals surface area contributed by atoms with Crippen molar-refractivity contribution in [3.05, 3.63) is 170 Å². The number of hydrogen-bond acceptors (Lipinski definition) is 4. The zero-order valence-electron chi connectivity index (χ0n) is 26.8. The largest absolute Gasteiger partial charge is 0.456 e. The Bertz CT molecular complexity index is 2530. The lowest BCUT2D eigenvalue weighted by molar-refractivity contribution is 0.669. The summed E-state index contributed by atoms with van der Waals surface area (Å²) in [6.07, 6.45) is 8.50. The highest BCUT2D eigenvalue weighted by Crippen LogP contribution is 2.42. The monoisotopic (exact) mass is 629 g/mol. The fourth-order valence-corrected chi connectivity index (χ4v) is 6.77. The lowest BCUT2D eigenvalue weighted by atomic mass is 9.94. The summed E-state index contributed by atoms with van der Waals surface area (Å²) in [5.74, 6) is 1.95. The molecule has 4 heteroatoms. The average molecular weight is 630 g/mol. The second kappa shape index (κ2) is 12.3. The van der Waals surface area contributed by atoms with E-state index in [1.54, 1.807) is 0 Å². The SMILES string of the molecule is C1=CC(c2nc(-c3ccccc3)nc(-c3cccc4oc5cccc(-c6cccc(-c7ccc(-c8ccccc8)cc7)c6)c5c34)n2)=CCC1. The smallest absolute Gasteiger partial charge is 0.164 e. The third-order valence-corrected chi connectivity index (χ3v) is 9.18. The molecule has 1 aliphatic rings. The second-order valence-corrected chi connectivity index (χ2v) is 12.3. The first-order chi connectivity index (χ1) is 24.3. The van der Waals surface area contributed by atoms with E-state index in [-0.39, 0.29) is 0 Å². The van der Waals surface area contributed by atoms with Crippen molar-refractivity contribution >= 4 is 27.5 Å². The van der Waals surface area contributed by atoms with Gasteiger partial charge in [-0.2, -0.15) is 0 Å². The van der Waals surface area contributed by atoms with Crippen molar-refractivity contribution in [3.63, 3.8) is 0 Å². The zero-order valence-corrected chi connectivity index (χ0v) is 26.8. The van der Waals surface area contributed by atoms with Crippen LogP contribution in [0.3, 0.4) is 0 Å². The molecular weight excluding hydrogens is 599 g/mol. The molecule has 0 unspecified atom stereocenters. The van der Waals surface area contributed by atoms with E-state index in [0.717, 1.165) is 68.2 Å². The van der Waals surface area contributed by atoms with Crippen molar-refractivity contribution in [3.8, 4) is 56.2 Å². The number of benzene rings is 6. The highest BCUT2D eigenvalue weighted by Gasteiger charge is 2.20. The van der Waals surface area contributed by atoms with Crippen LogP contribution in [-0.4, -0.2) is 15.0 Å². The maximum atomic E-state index is 6.51. The van der Waals surface area contributed by atoms with Gasteiger partial charge in [-0.15, -0.1) is 0 Å². The quantitative estimate of drug-likeness (QED) is 0.184. The highest BCUT2D eigenvalue weighted by atomic mass is 16.3. The fraction of sp³-hybridized carbons (Fsp3) is 0.0444. The molecule has 6 aromatic carbocycles. The molecule has 0 aliphatic heterocycles. The minimum absolute atomic E-state index is 0.624. The van der Waals surface area contributed by atoms with E-state index >= 15 is 0 Å². The predicted molar refractivity (Wildman–Crippen MR) is 201 cm³/mol. The van der Waals surface area contributed by atoms with Gasteiger partial charge in [-0.3, -0.25) is 0 Å². The van der Waals surface area contributed by atoms with E-state index in [9.17, 15) is 0 Å². The van der Waals surface area contributed by atoms with Gasteiger partial charge in [0, 0.05) is 27.5 Å². The highest BCUT2D eigenvalue weighted by molar-refractivity contribution is 6.17. The Balaban J connectivity index is 1.20. The number of hydrogen-bond donors (Lipinski definition) is 0. The van der Waals surface area contributed by atoms with Crippen molar-refractivity contribution < 1.29 is 4.42 Å². The number of furan rings is 1. The van der Waals surface area contributed by atoms with Crippen LogP contribution in [0.1, 0.15) is 18.7 Å². The molecule has 0 saturated carbocycles. The topological polar surface area (TPSA) is 51.8 Å². The van der Waals surface area contributed by atoms with Gasteiger partial charge in [0.25, 0.3) is 0 Å². The van der Waals surface area contributed by atoms with Crippen molar-refractivity contribution in [2.75, 3.05) is 0 Å². The van der Waals surface area contributed by atoms with Crippen molar-refractivity contribution in [2.24, 2.45) is 0 Å². The number of allylic oxidation sites excluding steroid dienone is 4. The Morgan fingerprint density at radius 1 is 0.408 bits per heavy atom. The summed E-state index contributed by atoms with van der Waals surface area (Å²) >= 11 is 0. The molecule has 0 amide bonds. The Morgan fingerprint density at radius 3 is 1.67 bits per heavy atom. The number of aromatic nitrogens is 3. The summed E-state index contributed by atoms with van der Waals surface area (Å²) in [5, 5.41) is 2.04. The van der Waals surface area contributed by atoms with E-state index in [1.807, 2.05) is 54.6 Å². The fourth-order valence-electron chi connectivity index (χ4n) is 6.77. The molecule has 0 radical (unpaired) electrons. The van der Waals surface area contributed by atoms with E-state index in [0.29, 0.717) is 17.5 Å². The van der Waals surface area contributed by atoms with Gasteiger partial charge in [-0.05, 0) is 64.4 Å². The van der Waals surface area contributed by atoms with Gasteiger partial charge < -0.3 is 4.42 Å². The lowest BCUT2D eigenvalue weighted by Gasteiger charge is -2.12. The maximum Gasteiger partial charge on any atom is 0.164 e. The molecular formula is C45H31N3O. The number of nitrogens with zero attached hydrogens (tertiary/aromatic N) is 3. The van der Waals surface area contributed by atoms with Crippen LogP contribution < -0.4 is 0 Å². The zero-order chi connectivity index (χ0) is 32.6. The van der Waals surface area contributed by atoms with Gasteiger partial charge in [0.2, 0.25) is 0 Å². The molecule has 2 heterocycles. The van der Waals surface area contributed by atoms with Gasteiger partial charge in [-0.1, -0.05) is 146 Å². The van der Waals surface area contributed by atoms with Gasteiger partial charge in [0.05, 0.1) is 0 Å². The Morgan fingerprint density at radius 2 is 0.959 bits per heavy atom. The van der Waals surface area contributed by atoms with Crippen LogP contribution in [0.15, 0.2) is 168 Å². The van der Waals surface area contributed by atoms with Gasteiger partial charge >= 0.3 is 0 Å². The summed E-state index contributed by atoms with van der Waals surface area (Å²) in [5.41, 5.74) is 11.5. The molecule has 0 saturated heterocycles. The van der Waals surface area contributed by atoms with E-state index in [1.165, 1.54) is 16.7 Å². The lowest BCUT2D eigenvalue weighted by Crippen LogP contribution is -2.03. The molecule has 0 fully saturated rings. The average Bonchev–Trinajstić information content (AvgIpc) is 3.58. The molecule has 49 heavy (non-hydrogen) atoms. The molecule has 0 spiro atoms. The van der Waals surface area contributed by atoms with Crippen LogP contribution in [0.2, 0.25) is 0 Å². The summed E-state index contributed by atoms with van der Waals surface area (Å²) in [6.45, 7) is 0. The van der Waals surface area contributed by atoms with Gasteiger partial charge in [-0.25, -0.2) is 15.0 Å². The number of fused-ring (bicyclic) bond motifs is 3. The Labute approximate surface area is 284 Å². The standard InChI is InChI=1S/C45H31N3O/c1-4-13-30(14-5-1)31-25-27-32(28-26-31)35-19-10-20-36(29-35)37-21-11-23-39-41(37)42-38(22-12-24-40(42)49-39)45-47-43(33-15-6-2-7-16-33)46-44(48-45)34-17-8-3-9-18-34/h1-2,4-8,10-29H,3,9H2. The first-order valence-electron chi connectivity index (χ1n) is 16.7. The molecule has 1 aliphatic carbocycles. The van der Waals surface area contributed by atoms with Gasteiger partial charge in [0.15, 0.2) is 17.5 Å².